The Morgan fingerprint density at radius 1 is 1.18 bits per heavy atom. The Labute approximate surface area is 109 Å². The van der Waals surface area contributed by atoms with Crippen molar-refractivity contribution in [2.45, 2.75) is 43.1 Å². The SMILES string of the molecule is O=C1CC[C@H]2CC[C@@H](C[Se]c3ccccc3)N12. The molecule has 0 aromatic heterocycles. The molecule has 2 fully saturated rings. The van der Waals surface area contributed by atoms with Crippen LogP contribution < -0.4 is 4.46 Å². The molecule has 17 heavy (non-hydrogen) atoms. The normalized spacial score (nSPS) is 27.5. The van der Waals surface area contributed by atoms with Crippen LogP contribution >= 0.6 is 0 Å². The van der Waals surface area contributed by atoms with E-state index in [2.05, 4.69) is 35.2 Å². The molecule has 2 saturated heterocycles. The standard InChI is InChI=1S/C14H17NOSe/c16-14-9-8-11-6-7-12(15(11)14)10-17-13-4-2-1-3-5-13/h1-5,11-12H,6-10H2/t11-,12+/m1/s1. The molecule has 1 aromatic carbocycles. The molecule has 0 saturated carbocycles. The summed E-state index contributed by atoms with van der Waals surface area (Å²) in [7, 11) is 0. The van der Waals surface area contributed by atoms with Gasteiger partial charge in [-0.25, -0.2) is 0 Å². The quantitative estimate of drug-likeness (QED) is 0.775. The van der Waals surface area contributed by atoms with E-state index in [9.17, 15) is 4.79 Å². The van der Waals surface area contributed by atoms with Gasteiger partial charge in [-0.1, -0.05) is 0 Å². The van der Waals surface area contributed by atoms with Crippen molar-refractivity contribution in [2.75, 3.05) is 0 Å². The number of rotatable bonds is 3. The first-order valence-corrected chi connectivity index (χ1v) is 8.40. The van der Waals surface area contributed by atoms with Crippen LogP contribution in [0.1, 0.15) is 25.7 Å². The Kier molecular flexibility index (Phi) is 3.21. The topological polar surface area (TPSA) is 20.3 Å². The van der Waals surface area contributed by atoms with E-state index < -0.39 is 0 Å². The number of nitrogens with zero attached hydrogens (tertiary/aromatic N) is 1. The fourth-order valence-electron chi connectivity index (χ4n) is 2.94. The number of hydrogen-bond donors (Lipinski definition) is 0. The molecule has 2 aliphatic rings. The van der Waals surface area contributed by atoms with Crippen LogP contribution in [0.25, 0.3) is 0 Å². The average Bonchev–Trinajstić information content (AvgIpc) is 2.92. The molecule has 0 unspecified atom stereocenters. The van der Waals surface area contributed by atoms with Crippen molar-refractivity contribution in [1.82, 2.24) is 4.90 Å². The Balaban J connectivity index is 1.61. The van der Waals surface area contributed by atoms with Crippen molar-refractivity contribution < 1.29 is 4.79 Å². The molecule has 3 heteroatoms. The van der Waals surface area contributed by atoms with E-state index in [4.69, 9.17) is 0 Å². The molecule has 0 aliphatic carbocycles. The first kappa shape index (κ1) is 11.3. The number of carbonyl (C=O) groups is 1. The van der Waals surface area contributed by atoms with E-state index in [1.165, 1.54) is 22.6 Å². The number of amides is 1. The molecule has 0 N–H and O–H groups in total. The van der Waals surface area contributed by atoms with Crippen molar-refractivity contribution >= 4 is 25.3 Å². The van der Waals surface area contributed by atoms with Crippen LogP contribution in [0.4, 0.5) is 0 Å². The second-order valence-corrected chi connectivity index (χ2v) is 7.14. The maximum absolute atomic E-state index is 11.8. The molecule has 0 spiro atoms. The first-order chi connectivity index (χ1) is 8.34. The van der Waals surface area contributed by atoms with Gasteiger partial charge in [0.05, 0.1) is 0 Å². The number of benzene rings is 1. The molecule has 1 aromatic rings. The van der Waals surface area contributed by atoms with Crippen LogP contribution in [-0.4, -0.2) is 37.8 Å². The summed E-state index contributed by atoms with van der Waals surface area (Å²) in [6, 6.07) is 11.8. The summed E-state index contributed by atoms with van der Waals surface area (Å²) in [6.07, 6.45) is 4.36. The number of hydrogen-bond acceptors (Lipinski definition) is 1. The van der Waals surface area contributed by atoms with Crippen molar-refractivity contribution in [3.63, 3.8) is 0 Å². The third-order valence-corrected chi connectivity index (χ3v) is 6.21. The molecule has 3 rings (SSSR count). The van der Waals surface area contributed by atoms with Gasteiger partial charge in [0.2, 0.25) is 0 Å². The molecule has 90 valence electrons. The molecule has 2 aliphatic heterocycles. The van der Waals surface area contributed by atoms with E-state index in [1.54, 1.807) is 0 Å². The van der Waals surface area contributed by atoms with Gasteiger partial charge >= 0.3 is 108 Å². The summed E-state index contributed by atoms with van der Waals surface area (Å²) >= 11 is 0.518. The van der Waals surface area contributed by atoms with Crippen LogP contribution in [0.15, 0.2) is 30.3 Å². The zero-order chi connectivity index (χ0) is 11.7. The third kappa shape index (κ3) is 2.27. The Morgan fingerprint density at radius 3 is 2.82 bits per heavy atom. The molecule has 1 amide bonds. The van der Waals surface area contributed by atoms with Crippen LogP contribution in [0, 0.1) is 0 Å². The molecular formula is C14H17NOSe. The van der Waals surface area contributed by atoms with Crippen LogP contribution in [0.5, 0.6) is 0 Å². The summed E-state index contributed by atoms with van der Waals surface area (Å²) in [5.41, 5.74) is 0. The van der Waals surface area contributed by atoms with Gasteiger partial charge in [-0.15, -0.1) is 0 Å². The van der Waals surface area contributed by atoms with Crippen LogP contribution in [0.3, 0.4) is 0 Å². The molecular weight excluding hydrogens is 277 g/mol. The Hall–Kier alpha value is -0.791. The van der Waals surface area contributed by atoms with E-state index in [0.29, 0.717) is 32.9 Å². The van der Waals surface area contributed by atoms with E-state index in [0.717, 1.165) is 12.8 Å². The van der Waals surface area contributed by atoms with Gasteiger partial charge in [-0.05, 0) is 0 Å². The number of carbonyl (C=O) groups excluding carboxylic acids is 1. The zero-order valence-electron chi connectivity index (χ0n) is 9.84. The van der Waals surface area contributed by atoms with Crippen LogP contribution in [-0.2, 0) is 4.79 Å². The van der Waals surface area contributed by atoms with Crippen molar-refractivity contribution in [2.24, 2.45) is 0 Å². The second kappa shape index (κ2) is 4.83. The summed E-state index contributed by atoms with van der Waals surface area (Å²) in [6.45, 7) is 0. The van der Waals surface area contributed by atoms with Gasteiger partial charge in [-0.3, -0.25) is 0 Å². The van der Waals surface area contributed by atoms with Crippen molar-refractivity contribution in [3.05, 3.63) is 30.3 Å². The van der Waals surface area contributed by atoms with Gasteiger partial charge in [0.15, 0.2) is 0 Å². The molecule has 2 atom stereocenters. The average molecular weight is 294 g/mol. The molecule has 2 heterocycles. The summed E-state index contributed by atoms with van der Waals surface area (Å²) in [4.78, 5) is 14.0. The Morgan fingerprint density at radius 2 is 2.00 bits per heavy atom. The van der Waals surface area contributed by atoms with Gasteiger partial charge < -0.3 is 0 Å². The fourth-order valence-corrected chi connectivity index (χ4v) is 5.17. The molecule has 2 nitrogen and oxygen atoms in total. The summed E-state index contributed by atoms with van der Waals surface area (Å²) < 4.78 is 1.45. The van der Waals surface area contributed by atoms with Crippen molar-refractivity contribution in [3.8, 4) is 0 Å². The second-order valence-electron chi connectivity index (χ2n) is 4.85. The van der Waals surface area contributed by atoms with E-state index >= 15 is 0 Å². The van der Waals surface area contributed by atoms with Crippen LogP contribution in [0.2, 0.25) is 5.32 Å². The first-order valence-electron chi connectivity index (χ1n) is 6.33. The van der Waals surface area contributed by atoms with Crippen molar-refractivity contribution in [1.29, 1.82) is 0 Å². The summed E-state index contributed by atoms with van der Waals surface area (Å²) in [5.74, 6) is 0.404. The predicted molar refractivity (Wildman–Crippen MR) is 69.5 cm³/mol. The zero-order valence-corrected chi connectivity index (χ0v) is 11.6. The predicted octanol–water partition coefficient (Wildman–Crippen LogP) is 1.59. The minimum absolute atomic E-state index is 0.404. The molecule has 0 bridgehead atoms. The van der Waals surface area contributed by atoms with E-state index in [1.807, 2.05) is 0 Å². The fraction of sp³-hybridized carbons (Fsp3) is 0.500. The van der Waals surface area contributed by atoms with Gasteiger partial charge in [-0.2, -0.15) is 0 Å². The molecule has 0 radical (unpaired) electrons. The van der Waals surface area contributed by atoms with Gasteiger partial charge in [0.25, 0.3) is 0 Å². The monoisotopic (exact) mass is 295 g/mol. The third-order valence-electron chi connectivity index (χ3n) is 3.78. The maximum atomic E-state index is 11.8. The number of fused-ring (bicyclic) bond motifs is 1. The van der Waals surface area contributed by atoms with Gasteiger partial charge in [0.1, 0.15) is 0 Å². The Bertz CT molecular complexity index is 406. The summed E-state index contributed by atoms with van der Waals surface area (Å²) in [5, 5.41) is 1.19. The van der Waals surface area contributed by atoms with Gasteiger partial charge in [0, 0.05) is 0 Å². The minimum atomic E-state index is 0.404. The van der Waals surface area contributed by atoms with E-state index in [-0.39, 0.29) is 0 Å².